The van der Waals surface area contributed by atoms with E-state index in [1.165, 1.54) is 10.9 Å². The van der Waals surface area contributed by atoms with Gasteiger partial charge in [-0.2, -0.15) is 18.3 Å². The molecule has 20 heavy (non-hydrogen) atoms. The van der Waals surface area contributed by atoms with Crippen molar-refractivity contribution >= 4 is 0 Å². The Bertz CT molecular complexity index is 576. The quantitative estimate of drug-likeness (QED) is 0.938. The first-order chi connectivity index (χ1) is 9.44. The highest BCUT2D eigenvalue weighted by Gasteiger charge is 2.36. The molecule has 0 aliphatic rings. The highest BCUT2D eigenvalue weighted by atomic mass is 19.4. The number of methoxy groups -OCH3 is 1. The van der Waals surface area contributed by atoms with E-state index in [1.54, 1.807) is 31.4 Å². The molecule has 0 bridgehead atoms. The van der Waals surface area contributed by atoms with Crippen molar-refractivity contribution in [2.75, 3.05) is 7.11 Å². The summed E-state index contributed by atoms with van der Waals surface area (Å²) in [5.74, 6) is 0.688. The number of ether oxygens (including phenoxy) is 1. The van der Waals surface area contributed by atoms with Crippen LogP contribution in [0.3, 0.4) is 0 Å². The molecule has 1 heterocycles. The average Bonchev–Trinajstić information content (AvgIpc) is 2.83. The van der Waals surface area contributed by atoms with Crippen molar-refractivity contribution in [1.29, 1.82) is 0 Å². The Morgan fingerprint density at radius 2 is 1.90 bits per heavy atom. The summed E-state index contributed by atoms with van der Waals surface area (Å²) in [4.78, 5) is 0. The Kier molecular flexibility index (Phi) is 3.99. The molecule has 0 radical (unpaired) electrons. The predicted octanol–water partition coefficient (Wildman–Crippen LogP) is 2.42. The number of aromatic nitrogens is 2. The van der Waals surface area contributed by atoms with E-state index in [9.17, 15) is 13.2 Å². The van der Waals surface area contributed by atoms with Crippen molar-refractivity contribution in [2.45, 2.75) is 19.3 Å². The second-order valence-electron chi connectivity index (χ2n) is 4.25. The highest BCUT2D eigenvalue weighted by Crippen LogP contribution is 2.30. The number of benzene rings is 1. The van der Waals surface area contributed by atoms with Crippen LogP contribution in [0.5, 0.6) is 5.75 Å². The fraction of sp³-hybridized carbons (Fsp3) is 0.308. The number of alkyl halides is 3. The van der Waals surface area contributed by atoms with Gasteiger partial charge in [0.15, 0.2) is 5.69 Å². The molecule has 0 atom stereocenters. The van der Waals surface area contributed by atoms with Crippen molar-refractivity contribution in [3.63, 3.8) is 0 Å². The summed E-state index contributed by atoms with van der Waals surface area (Å²) in [6.45, 7) is 0.0462. The molecular weight excluding hydrogens is 271 g/mol. The Morgan fingerprint density at radius 3 is 2.35 bits per heavy atom. The number of nitrogens with two attached hydrogens (primary N) is 1. The van der Waals surface area contributed by atoms with E-state index >= 15 is 0 Å². The maximum absolute atomic E-state index is 12.7. The summed E-state index contributed by atoms with van der Waals surface area (Å²) in [5, 5.41) is 3.57. The number of halogens is 3. The molecule has 1 aromatic heterocycles. The molecule has 0 saturated heterocycles. The first-order valence-electron chi connectivity index (χ1n) is 5.90. The highest BCUT2D eigenvalue weighted by molar-refractivity contribution is 5.28. The Balaban J connectivity index is 2.23. The van der Waals surface area contributed by atoms with Crippen LogP contribution in [0.4, 0.5) is 13.2 Å². The number of rotatable bonds is 4. The minimum atomic E-state index is -4.49. The lowest BCUT2D eigenvalue weighted by atomic mass is 10.2. The SMILES string of the molecule is COc1ccc(Cn2cc(CN)c(C(F)(F)F)n2)cc1. The zero-order chi connectivity index (χ0) is 14.8. The molecule has 108 valence electrons. The third kappa shape index (κ3) is 3.11. The van der Waals surface area contributed by atoms with Gasteiger partial charge in [-0.15, -0.1) is 0 Å². The van der Waals surface area contributed by atoms with Gasteiger partial charge in [0, 0.05) is 18.3 Å². The van der Waals surface area contributed by atoms with Crippen molar-refractivity contribution in [1.82, 2.24) is 9.78 Å². The van der Waals surface area contributed by atoms with Crippen LogP contribution in [0.1, 0.15) is 16.8 Å². The summed E-state index contributed by atoms with van der Waals surface area (Å²) in [7, 11) is 1.55. The van der Waals surface area contributed by atoms with Gasteiger partial charge in [0.2, 0.25) is 0 Å². The average molecular weight is 285 g/mol. The van der Waals surface area contributed by atoms with Gasteiger partial charge in [-0.3, -0.25) is 4.68 Å². The van der Waals surface area contributed by atoms with E-state index in [0.717, 1.165) is 5.56 Å². The molecule has 2 rings (SSSR count). The fourth-order valence-electron chi connectivity index (χ4n) is 1.85. The lowest BCUT2D eigenvalue weighted by Crippen LogP contribution is -2.11. The number of hydrogen-bond donors (Lipinski definition) is 1. The van der Waals surface area contributed by atoms with Gasteiger partial charge in [-0.05, 0) is 17.7 Å². The monoisotopic (exact) mass is 285 g/mol. The minimum Gasteiger partial charge on any atom is -0.497 e. The first kappa shape index (κ1) is 14.4. The molecule has 0 aliphatic heterocycles. The van der Waals surface area contributed by atoms with Gasteiger partial charge in [0.05, 0.1) is 13.7 Å². The fourth-order valence-corrected chi connectivity index (χ4v) is 1.85. The smallest absolute Gasteiger partial charge is 0.435 e. The van der Waals surface area contributed by atoms with Crippen LogP contribution in [0, 0.1) is 0 Å². The molecule has 0 saturated carbocycles. The zero-order valence-corrected chi connectivity index (χ0v) is 10.8. The lowest BCUT2D eigenvalue weighted by Gasteiger charge is -2.05. The number of hydrogen-bond acceptors (Lipinski definition) is 3. The zero-order valence-electron chi connectivity index (χ0n) is 10.8. The van der Waals surface area contributed by atoms with Gasteiger partial charge >= 0.3 is 6.18 Å². The maximum Gasteiger partial charge on any atom is 0.435 e. The second kappa shape index (κ2) is 5.54. The van der Waals surface area contributed by atoms with E-state index in [2.05, 4.69) is 5.10 Å². The van der Waals surface area contributed by atoms with Crippen LogP contribution < -0.4 is 10.5 Å². The maximum atomic E-state index is 12.7. The van der Waals surface area contributed by atoms with Crippen LogP contribution >= 0.6 is 0 Å². The molecule has 0 spiro atoms. The Labute approximate surface area is 114 Å². The predicted molar refractivity (Wildman–Crippen MR) is 67.2 cm³/mol. The molecule has 7 heteroatoms. The molecule has 2 N–H and O–H groups in total. The normalized spacial score (nSPS) is 11.7. The van der Waals surface area contributed by atoms with E-state index in [-0.39, 0.29) is 18.7 Å². The van der Waals surface area contributed by atoms with Crippen LogP contribution in [-0.4, -0.2) is 16.9 Å². The lowest BCUT2D eigenvalue weighted by molar-refractivity contribution is -0.142. The van der Waals surface area contributed by atoms with Gasteiger partial charge in [0.1, 0.15) is 5.75 Å². The molecule has 2 aromatic rings. The van der Waals surface area contributed by atoms with Gasteiger partial charge in [0.25, 0.3) is 0 Å². The summed E-state index contributed by atoms with van der Waals surface area (Å²) >= 11 is 0. The molecular formula is C13H14F3N3O. The summed E-state index contributed by atoms with van der Waals surface area (Å²) in [6, 6.07) is 7.03. The first-order valence-corrected chi connectivity index (χ1v) is 5.90. The standard InChI is InChI=1S/C13H14F3N3O/c1-20-11-4-2-9(3-5-11)7-19-8-10(6-17)12(18-19)13(14,15)16/h2-5,8H,6-7,17H2,1H3. The van der Waals surface area contributed by atoms with Gasteiger partial charge in [-0.25, -0.2) is 0 Å². The van der Waals surface area contributed by atoms with Crippen molar-refractivity contribution in [3.8, 4) is 5.75 Å². The second-order valence-corrected chi connectivity index (χ2v) is 4.25. The third-order valence-electron chi connectivity index (χ3n) is 2.83. The number of nitrogens with zero attached hydrogens (tertiary/aromatic N) is 2. The van der Waals surface area contributed by atoms with Crippen molar-refractivity contribution in [3.05, 3.63) is 47.3 Å². The van der Waals surface area contributed by atoms with Crippen molar-refractivity contribution in [2.24, 2.45) is 5.73 Å². The molecule has 0 amide bonds. The van der Waals surface area contributed by atoms with Crippen LogP contribution in [0.25, 0.3) is 0 Å². The topological polar surface area (TPSA) is 53.1 Å². The van der Waals surface area contributed by atoms with E-state index in [4.69, 9.17) is 10.5 Å². The summed E-state index contributed by atoms with van der Waals surface area (Å²) in [6.07, 6.45) is -3.16. The largest absolute Gasteiger partial charge is 0.497 e. The van der Waals surface area contributed by atoms with Crippen LogP contribution in [0.2, 0.25) is 0 Å². The Hall–Kier alpha value is -2.02. The summed E-state index contributed by atoms with van der Waals surface area (Å²) < 4.78 is 44.5. The van der Waals surface area contributed by atoms with Gasteiger partial charge < -0.3 is 10.5 Å². The summed E-state index contributed by atoms with van der Waals surface area (Å²) in [5.41, 5.74) is 5.22. The van der Waals surface area contributed by atoms with E-state index < -0.39 is 11.9 Å². The molecule has 0 aliphatic carbocycles. The van der Waals surface area contributed by atoms with E-state index in [1.807, 2.05) is 0 Å². The molecule has 0 unspecified atom stereocenters. The molecule has 0 fully saturated rings. The third-order valence-corrected chi connectivity index (χ3v) is 2.83. The van der Waals surface area contributed by atoms with E-state index in [0.29, 0.717) is 5.75 Å². The van der Waals surface area contributed by atoms with Crippen LogP contribution in [0.15, 0.2) is 30.5 Å². The molecule has 4 nitrogen and oxygen atoms in total. The van der Waals surface area contributed by atoms with Gasteiger partial charge in [-0.1, -0.05) is 12.1 Å². The van der Waals surface area contributed by atoms with Crippen molar-refractivity contribution < 1.29 is 17.9 Å². The Morgan fingerprint density at radius 1 is 1.25 bits per heavy atom. The molecule has 1 aromatic carbocycles. The minimum absolute atomic E-state index is 0.00832. The van der Waals surface area contributed by atoms with Crippen LogP contribution in [-0.2, 0) is 19.3 Å².